The van der Waals surface area contributed by atoms with Crippen molar-refractivity contribution in [2.24, 2.45) is 5.73 Å². The van der Waals surface area contributed by atoms with Gasteiger partial charge in [-0.1, -0.05) is 58.3 Å². The number of ether oxygens (including phenoxy) is 2. The van der Waals surface area contributed by atoms with Crippen LogP contribution >= 0.6 is 34.0 Å². The zero-order chi connectivity index (χ0) is 23.8. The lowest BCUT2D eigenvalue weighted by Crippen LogP contribution is -2.34. The van der Waals surface area contributed by atoms with E-state index in [1.165, 1.54) is 12.2 Å². The molecule has 0 aliphatic carbocycles. The first-order valence-electron chi connectivity index (χ1n) is 11.6. The Morgan fingerprint density at radius 1 is 1.14 bits per heavy atom. The second-order valence-corrected chi connectivity index (χ2v) is 11.3. The number of fused-ring (bicyclic) bond motifs is 1. The van der Waals surface area contributed by atoms with Crippen molar-refractivity contribution in [3.05, 3.63) is 65.9 Å². The molecule has 0 amide bonds. The molecule has 1 saturated heterocycles. The molecule has 3 N–H and O–H groups in total. The van der Waals surface area contributed by atoms with Gasteiger partial charge in [0.05, 0.1) is 0 Å². The van der Waals surface area contributed by atoms with Gasteiger partial charge in [0.25, 0.3) is 0 Å². The quantitative estimate of drug-likeness (QED) is 0.138. The van der Waals surface area contributed by atoms with E-state index in [-0.39, 0.29) is 25.0 Å². The lowest BCUT2D eigenvalue weighted by Gasteiger charge is -2.11. The molecule has 1 aromatic heterocycles. The third kappa shape index (κ3) is 8.20. The molecular formula is C26H31ClN2O4S2. The molecule has 2 atom stereocenters. The first-order chi connectivity index (χ1) is 16.6. The minimum absolute atomic E-state index is 0. The monoisotopic (exact) mass is 534 g/mol. The van der Waals surface area contributed by atoms with Crippen molar-refractivity contribution < 1.29 is 19.1 Å². The molecule has 0 saturated carbocycles. The summed E-state index contributed by atoms with van der Waals surface area (Å²) in [5, 5.41) is 1.62. The molecule has 2 heterocycles. The Kier molecular flexibility index (Phi) is 10.8. The Morgan fingerprint density at radius 3 is 2.74 bits per heavy atom. The Hall–Kier alpha value is -2.13. The smallest absolute Gasteiger partial charge is 0.323 e. The van der Waals surface area contributed by atoms with Crippen molar-refractivity contribution in [2.75, 3.05) is 5.75 Å². The number of hydrogen-bond acceptors (Lipinski definition) is 7. The summed E-state index contributed by atoms with van der Waals surface area (Å²) < 4.78 is 10.9. The molecule has 6 nitrogen and oxygen atoms in total. The minimum Gasteiger partial charge on any atom is -0.460 e. The third-order valence-corrected chi connectivity index (χ3v) is 8.83. The van der Waals surface area contributed by atoms with Gasteiger partial charge in [-0.3, -0.25) is 9.59 Å². The number of halogens is 1. The molecule has 1 aliphatic heterocycles. The van der Waals surface area contributed by atoms with Crippen LogP contribution in [0.5, 0.6) is 5.75 Å². The molecule has 2 aromatic carbocycles. The fourth-order valence-electron chi connectivity index (χ4n) is 3.93. The molecule has 188 valence electrons. The second kappa shape index (κ2) is 13.8. The van der Waals surface area contributed by atoms with E-state index in [4.69, 9.17) is 15.2 Å². The van der Waals surface area contributed by atoms with E-state index >= 15 is 0 Å². The van der Waals surface area contributed by atoms with E-state index in [0.29, 0.717) is 18.6 Å². The van der Waals surface area contributed by atoms with Gasteiger partial charge in [0.15, 0.2) is 0 Å². The van der Waals surface area contributed by atoms with Crippen LogP contribution in [0.25, 0.3) is 10.9 Å². The maximum Gasteiger partial charge on any atom is 0.323 e. The summed E-state index contributed by atoms with van der Waals surface area (Å²) in [4.78, 5) is 27.9. The van der Waals surface area contributed by atoms with E-state index in [9.17, 15) is 9.59 Å². The fourth-order valence-corrected chi connectivity index (χ4v) is 6.96. The van der Waals surface area contributed by atoms with E-state index in [1.54, 1.807) is 6.07 Å². The lowest BCUT2D eigenvalue weighted by molar-refractivity contribution is -0.146. The van der Waals surface area contributed by atoms with Gasteiger partial charge in [0.1, 0.15) is 18.4 Å². The number of unbranched alkanes of at least 4 members (excludes halogenated alkanes) is 1. The number of aromatic amines is 1. The predicted octanol–water partition coefficient (Wildman–Crippen LogP) is 5.82. The summed E-state index contributed by atoms with van der Waals surface area (Å²) in [7, 11) is 3.92. The molecule has 0 bridgehead atoms. The van der Waals surface area contributed by atoms with Gasteiger partial charge in [0.2, 0.25) is 0 Å². The van der Waals surface area contributed by atoms with Gasteiger partial charge in [-0.05, 0) is 48.6 Å². The predicted molar refractivity (Wildman–Crippen MR) is 146 cm³/mol. The summed E-state index contributed by atoms with van der Waals surface area (Å²) in [6.45, 7) is 0.194. The summed E-state index contributed by atoms with van der Waals surface area (Å²) in [6.07, 6.45) is 6.90. The molecule has 4 rings (SSSR count). The number of hydrogen-bond donors (Lipinski definition) is 2. The maximum absolute atomic E-state index is 12.4. The zero-order valence-corrected chi connectivity index (χ0v) is 21.9. The van der Waals surface area contributed by atoms with Crippen molar-refractivity contribution in [3.63, 3.8) is 0 Å². The molecule has 35 heavy (non-hydrogen) atoms. The van der Waals surface area contributed by atoms with Gasteiger partial charge in [-0.15, -0.1) is 12.4 Å². The van der Waals surface area contributed by atoms with Crippen LogP contribution in [0.15, 0.2) is 54.7 Å². The van der Waals surface area contributed by atoms with Gasteiger partial charge in [0, 0.05) is 40.9 Å². The maximum atomic E-state index is 12.4. The average molecular weight is 535 g/mol. The van der Waals surface area contributed by atoms with Crippen LogP contribution in [0.3, 0.4) is 0 Å². The molecule has 0 spiro atoms. The van der Waals surface area contributed by atoms with Crippen LogP contribution in [0.1, 0.15) is 43.2 Å². The van der Waals surface area contributed by atoms with Crippen molar-refractivity contribution in [3.8, 4) is 5.75 Å². The number of carbonyl (C=O) groups is 2. The summed E-state index contributed by atoms with van der Waals surface area (Å²) in [6, 6.07) is 14.2. The number of carbonyl (C=O) groups excluding carboxylic acids is 2. The molecular weight excluding hydrogens is 504 g/mol. The van der Waals surface area contributed by atoms with Crippen molar-refractivity contribution in [1.82, 2.24) is 4.98 Å². The minimum atomic E-state index is -0.787. The molecule has 2 unspecified atom stereocenters. The zero-order valence-electron chi connectivity index (χ0n) is 19.4. The topological polar surface area (TPSA) is 94.4 Å². The summed E-state index contributed by atoms with van der Waals surface area (Å²) >= 11 is 0. The SMILES string of the molecule is Cl.NC(Cc1c[nH]c2ccc(OC(=O)CCCCC3CCSS3)cc12)C(=O)OCc1ccccc1. The standard InChI is InChI=1S/C26H30N2O4S2.ClH/c27-23(26(30)31-17-18-6-2-1-3-7-18)14-19-16-28-24-11-10-20(15-22(19)24)32-25(29)9-5-4-8-21-12-13-33-34-21;/h1-3,6-7,10-11,15-16,21,23,28H,4-5,8-9,12-14,17,27H2;1H. The van der Waals surface area contributed by atoms with Crippen molar-refractivity contribution in [1.29, 1.82) is 0 Å². The first-order valence-corrected chi connectivity index (χ1v) is 14.0. The molecule has 3 aromatic rings. The Labute approximate surface area is 219 Å². The highest BCUT2D eigenvalue weighted by Crippen LogP contribution is 2.39. The van der Waals surface area contributed by atoms with Gasteiger partial charge in [-0.25, -0.2) is 0 Å². The Balaban J connectivity index is 0.00000342. The number of nitrogens with two attached hydrogens (primary N) is 1. The number of rotatable bonds is 11. The van der Waals surface area contributed by atoms with Gasteiger partial charge < -0.3 is 20.2 Å². The molecule has 9 heteroatoms. The van der Waals surface area contributed by atoms with Crippen LogP contribution in [-0.4, -0.2) is 34.0 Å². The highest BCUT2D eigenvalue weighted by Gasteiger charge is 2.19. The third-order valence-electron chi connectivity index (χ3n) is 5.82. The van der Waals surface area contributed by atoms with Crippen molar-refractivity contribution in [2.45, 2.75) is 56.4 Å². The highest BCUT2D eigenvalue weighted by atomic mass is 35.5. The molecule has 0 radical (unpaired) electrons. The average Bonchev–Trinajstić information content (AvgIpc) is 3.51. The van der Waals surface area contributed by atoms with Crippen LogP contribution in [-0.2, 0) is 27.4 Å². The number of H-pyrrole nitrogens is 1. The van der Waals surface area contributed by atoms with E-state index in [1.807, 2.05) is 70.2 Å². The van der Waals surface area contributed by atoms with Gasteiger partial charge >= 0.3 is 11.9 Å². The van der Waals surface area contributed by atoms with Gasteiger partial charge in [-0.2, -0.15) is 0 Å². The van der Waals surface area contributed by atoms with E-state index < -0.39 is 12.0 Å². The highest BCUT2D eigenvalue weighted by molar-refractivity contribution is 8.77. The number of aromatic nitrogens is 1. The largest absolute Gasteiger partial charge is 0.460 e. The van der Waals surface area contributed by atoms with Crippen LogP contribution in [0.4, 0.5) is 0 Å². The number of nitrogens with one attached hydrogen (secondary N) is 1. The van der Waals surface area contributed by atoms with Crippen LogP contribution in [0, 0.1) is 0 Å². The normalized spacial score (nSPS) is 16.0. The van der Waals surface area contributed by atoms with E-state index in [2.05, 4.69) is 4.98 Å². The molecule has 1 fully saturated rings. The second-order valence-electron chi connectivity index (χ2n) is 8.47. The summed E-state index contributed by atoms with van der Waals surface area (Å²) in [5.74, 6) is 1.07. The fraction of sp³-hybridized carbons (Fsp3) is 0.385. The number of benzene rings is 2. The van der Waals surface area contributed by atoms with Crippen LogP contribution < -0.4 is 10.5 Å². The lowest BCUT2D eigenvalue weighted by atomic mass is 10.1. The van der Waals surface area contributed by atoms with E-state index in [0.717, 1.165) is 46.5 Å². The first kappa shape index (κ1) is 27.5. The molecule has 1 aliphatic rings. The summed E-state index contributed by atoms with van der Waals surface area (Å²) in [5.41, 5.74) is 8.81. The van der Waals surface area contributed by atoms with Crippen LogP contribution in [0.2, 0.25) is 0 Å². The van der Waals surface area contributed by atoms with Crippen molar-refractivity contribution >= 4 is 56.8 Å². The Morgan fingerprint density at radius 2 is 1.97 bits per heavy atom. The number of esters is 2. The Bertz CT molecular complexity index is 1100.